The first-order valence-electron chi connectivity index (χ1n) is 7.32. The number of carbonyl (C=O) groups excluding carboxylic acids is 1. The molecule has 112 valence electrons. The smallest absolute Gasteiger partial charge is 0.323 e. The number of rotatable bonds is 3. The highest BCUT2D eigenvalue weighted by Gasteiger charge is 2.30. The lowest BCUT2D eigenvalue weighted by atomic mass is 10.0. The van der Waals surface area contributed by atoms with Crippen molar-refractivity contribution < 1.29 is 4.79 Å². The second-order valence-electron chi connectivity index (χ2n) is 5.82. The van der Waals surface area contributed by atoms with Gasteiger partial charge >= 0.3 is 5.69 Å². The number of amides is 1. The van der Waals surface area contributed by atoms with Crippen LogP contribution < -0.4 is 16.7 Å². The summed E-state index contributed by atoms with van der Waals surface area (Å²) in [5, 5.41) is 3.02. The Bertz CT molecular complexity index is 718. The van der Waals surface area contributed by atoms with Crippen molar-refractivity contribution in [2.24, 2.45) is 11.7 Å². The monoisotopic (exact) mass is 288 g/mol. The summed E-state index contributed by atoms with van der Waals surface area (Å²) < 4.78 is 0. The molecule has 0 radical (unpaired) electrons. The van der Waals surface area contributed by atoms with Crippen LogP contribution in [0.25, 0.3) is 11.0 Å². The average molecular weight is 288 g/mol. The van der Waals surface area contributed by atoms with Gasteiger partial charge in [0.1, 0.15) is 0 Å². The molecule has 1 saturated carbocycles. The maximum absolute atomic E-state index is 12.3. The molecule has 5 N–H and O–H groups in total. The van der Waals surface area contributed by atoms with Crippen LogP contribution >= 0.6 is 0 Å². The van der Waals surface area contributed by atoms with Crippen molar-refractivity contribution in [1.29, 1.82) is 0 Å². The average Bonchev–Trinajstić information content (AvgIpc) is 3.02. The molecule has 3 atom stereocenters. The van der Waals surface area contributed by atoms with E-state index in [2.05, 4.69) is 15.3 Å². The van der Waals surface area contributed by atoms with Crippen molar-refractivity contribution in [2.45, 2.75) is 38.3 Å². The molecule has 6 heteroatoms. The van der Waals surface area contributed by atoms with E-state index < -0.39 is 0 Å². The zero-order valence-electron chi connectivity index (χ0n) is 12.0. The standard InChI is InChI=1S/C15H20N4O2/c1-8(17-14(20)10-3-2-4-11(10)16)9-5-6-12-13(7-9)19-15(21)18-12/h5-8,10-11H,2-4,16H2,1H3,(H,17,20)(H2,18,19,21). The SMILES string of the molecule is CC(NC(=O)C1CCCC1N)c1ccc2[nH]c(=O)[nH]c2c1. The van der Waals surface area contributed by atoms with Crippen LogP contribution in [0.4, 0.5) is 0 Å². The minimum Gasteiger partial charge on any atom is -0.349 e. The van der Waals surface area contributed by atoms with Crippen LogP contribution in [0.5, 0.6) is 0 Å². The first-order valence-corrected chi connectivity index (χ1v) is 7.32. The summed E-state index contributed by atoms with van der Waals surface area (Å²) in [6.45, 7) is 1.93. The van der Waals surface area contributed by atoms with Gasteiger partial charge in [-0.1, -0.05) is 12.5 Å². The topological polar surface area (TPSA) is 104 Å². The lowest BCUT2D eigenvalue weighted by Crippen LogP contribution is -2.39. The number of aromatic nitrogens is 2. The first kappa shape index (κ1) is 13.9. The lowest BCUT2D eigenvalue weighted by molar-refractivity contribution is -0.125. The third-order valence-corrected chi connectivity index (χ3v) is 4.30. The number of aromatic amines is 2. The Labute approximate surface area is 122 Å². The van der Waals surface area contributed by atoms with Crippen molar-refractivity contribution >= 4 is 16.9 Å². The van der Waals surface area contributed by atoms with Gasteiger partial charge in [0.2, 0.25) is 5.91 Å². The number of H-pyrrole nitrogens is 2. The van der Waals surface area contributed by atoms with E-state index in [4.69, 9.17) is 5.73 Å². The molecule has 1 aliphatic carbocycles. The highest BCUT2D eigenvalue weighted by atomic mass is 16.2. The van der Waals surface area contributed by atoms with Crippen molar-refractivity contribution in [1.82, 2.24) is 15.3 Å². The fourth-order valence-electron chi connectivity index (χ4n) is 3.04. The fraction of sp³-hybridized carbons (Fsp3) is 0.467. The molecular formula is C15H20N4O2. The van der Waals surface area contributed by atoms with Gasteiger partial charge in [-0.05, 0) is 37.5 Å². The molecule has 2 aromatic rings. The van der Waals surface area contributed by atoms with Crippen LogP contribution in [0.15, 0.2) is 23.0 Å². The second kappa shape index (κ2) is 5.37. The minimum atomic E-state index is -0.226. The maximum Gasteiger partial charge on any atom is 0.323 e. The fourth-order valence-corrected chi connectivity index (χ4v) is 3.04. The van der Waals surface area contributed by atoms with Gasteiger partial charge in [0.15, 0.2) is 0 Å². The van der Waals surface area contributed by atoms with Gasteiger partial charge < -0.3 is 21.0 Å². The van der Waals surface area contributed by atoms with Gasteiger partial charge in [-0.25, -0.2) is 4.79 Å². The van der Waals surface area contributed by atoms with Crippen LogP contribution in [-0.4, -0.2) is 21.9 Å². The van der Waals surface area contributed by atoms with Crippen LogP contribution in [0, 0.1) is 5.92 Å². The van der Waals surface area contributed by atoms with E-state index >= 15 is 0 Å². The van der Waals surface area contributed by atoms with Crippen LogP contribution in [0.2, 0.25) is 0 Å². The summed E-state index contributed by atoms with van der Waals surface area (Å²) in [6.07, 6.45) is 2.80. The molecule has 0 saturated heterocycles. The molecule has 21 heavy (non-hydrogen) atoms. The summed E-state index contributed by atoms with van der Waals surface area (Å²) in [6, 6.07) is 5.49. The van der Waals surface area contributed by atoms with E-state index in [1.54, 1.807) is 0 Å². The van der Waals surface area contributed by atoms with Crippen molar-refractivity contribution in [3.63, 3.8) is 0 Å². The Morgan fingerprint density at radius 2 is 2.10 bits per heavy atom. The maximum atomic E-state index is 12.3. The Balaban J connectivity index is 1.75. The number of carbonyl (C=O) groups is 1. The van der Waals surface area contributed by atoms with Crippen LogP contribution in [-0.2, 0) is 4.79 Å². The number of hydrogen-bond acceptors (Lipinski definition) is 3. The molecule has 1 aliphatic rings. The molecule has 0 spiro atoms. The van der Waals surface area contributed by atoms with Gasteiger partial charge in [-0.15, -0.1) is 0 Å². The molecule has 1 amide bonds. The molecule has 1 aromatic heterocycles. The number of nitrogens with one attached hydrogen (secondary N) is 3. The molecule has 1 fully saturated rings. The number of nitrogens with two attached hydrogens (primary N) is 1. The Hall–Kier alpha value is -2.08. The largest absolute Gasteiger partial charge is 0.349 e. The van der Waals surface area contributed by atoms with E-state index in [0.717, 1.165) is 35.9 Å². The molecule has 6 nitrogen and oxygen atoms in total. The quantitative estimate of drug-likeness (QED) is 0.681. The van der Waals surface area contributed by atoms with Crippen molar-refractivity contribution in [3.05, 3.63) is 34.2 Å². The Morgan fingerprint density at radius 3 is 2.81 bits per heavy atom. The minimum absolute atomic E-state index is 0.0233. The van der Waals surface area contributed by atoms with Gasteiger partial charge in [0, 0.05) is 6.04 Å². The van der Waals surface area contributed by atoms with Crippen molar-refractivity contribution in [2.75, 3.05) is 0 Å². The van der Waals surface area contributed by atoms with E-state index in [0.29, 0.717) is 0 Å². The van der Waals surface area contributed by atoms with E-state index in [-0.39, 0.29) is 29.6 Å². The third-order valence-electron chi connectivity index (χ3n) is 4.30. The number of fused-ring (bicyclic) bond motifs is 1. The predicted molar refractivity (Wildman–Crippen MR) is 80.8 cm³/mol. The molecular weight excluding hydrogens is 268 g/mol. The normalized spacial score (nSPS) is 23.3. The van der Waals surface area contributed by atoms with E-state index in [1.807, 2.05) is 25.1 Å². The zero-order chi connectivity index (χ0) is 15.0. The van der Waals surface area contributed by atoms with Gasteiger partial charge in [0.25, 0.3) is 0 Å². The van der Waals surface area contributed by atoms with Gasteiger partial charge in [-0.3, -0.25) is 4.79 Å². The van der Waals surface area contributed by atoms with Crippen LogP contribution in [0.1, 0.15) is 37.8 Å². The number of benzene rings is 1. The van der Waals surface area contributed by atoms with Gasteiger partial charge in [0.05, 0.1) is 23.0 Å². The van der Waals surface area contributed by atoms with Gasteiger partial charge in [-0.2, -0.15) is 0 Å². The molecule has 3 unspecified atom stereocenters. The molecule has 0 bridgehead atoms. The highest BCUT2D eigenvalue weighted by molar-refractivity contribution is 5.80. The Kier molecular flexibility index (Phi) is 3.55. The number of hydrogen-bond donors (Lipinski definition) is 4. The summed E-state index contributed by atoms with van der Waals surface area (Å²) in [7, 11) is 0. The summed E-state index contributed by atoms with van der Waals surface area (Å²) in [5.74, 6) is -0.0570. The zero-order valence-corrected chi connectivity index (χ0v) is 12.0. The third kappa shape index (κ3) is 2.71. The van der Waals surface area contributed by atoms with E-state index in [1.165, 1.54) is 0 Å². The van der Waals surface area contributed by atoms with Crippen LogP contribution in [0.3, 0.4) is 0 Å². The van der Waals surface area contributed by atoms with Crippen molar-refractivity contribution in [3.8, 4) is 0 Å². The predicted octanol–water partition coefficient (Wildman–Crippen LogP) is 1.16. The molecule has 3 rings (SSSR count). The first-order chi connectivity index (χ1) is 10.0. The molecule has 0 aliphatic heterocycles. The molecule has 1 aromatic carbocycles. The molecule has 1 heterocycles. The number of imidazole rings is 1. The lowest BCUT2D eigenvalue weighted by Gasteiger charge is -2.20. The summed E-state index contributed by atoms with van der Waals surface area (Å²) in [4.78, 5) is 28.9. The van der Waals surface area contributed by atoms with E-state index in [9.17, 15) is 9.59 Å². The summed E-state index contributed by atoms with van der Waals surface area (Å²) in [5.41, 5.74) is 8.21. The highest BCUT2D eigenvalue weighted by Crippen LogP contribution is 2.25. The second-order valence-corrected chi connectivity index (χ2v) is 5.82. The Morgan fingerprint density at radius 1 is 1.33 bits per heavy atom. The summed E-state index contributed by atoms with van der Waals surface area (Å²) >= 11 is 0.